The summed E-state index contributed by atoms with van der Waals surface area (Å²) in [5.41, 5.74) is 0. The summed E-state index contributed by atoms with van der Waals surface area (Å²) < 4.78 is 0. The van der Waals surface area contributed by atoms with Crippen molar-refractivity contribution in [1.29, 1.82) is 0 Å². The summed E-state index contributed by atoms with van der Waals surface area (Å²) in [6.07, 6.45) is 2.94. The molecule has 0 spiro atoms. The van der Waals surface area contributed by atoms with Crippen LogP contribution in [0.5, 0.6) is 0 Å². The predicted molar refractivity (Wildman–Crippen MR) is 26.8 cm³/mol. The standard InChI is InChI=1S/C5H5N2O/c8-4-5-6-2-1-3-7-5/h2-3,8H,4H2. The summed E-state index contributed by atoms with van der Waals surface area (Å²) >= 11 is 0. The minimum Gasteiger partial charge on any atom is -0.388 e. The number of aliphatic hydroxyl groups excluding tert-OH is 1. The number of hydrogen-bond acceptors (Lipinski definition) is 3. The first-order chi connectivity index (χ1) is 3.93. The van der Waals surface area contributed by atoms with Gasteiger partial charge in [0, 0.05) is 18.5 Å². The number of hydrogen-bond donors (Lipinski definition) is 1. The highest BCUT2D eigenvalue weighted by molar-refractivity contribution is 4.83. The van der Waals surface area contributed by atoms with E-state index >= 15 is 0 Å². The normalized spacial score (nSPS) is 9.12. The summed E-state index contributed by atoms with van der Waals surface area (Å²) in [7, 11) is 0. The smallest absolute Gasteiger partial charge is 0.153 e. The fourth-order valence-corrected chi connectivity index (χ4v) is 0.372. The molecular formula is C5H5N2O. The van der Waals surface area contributed by atoms with Crippen LogP contribution in [0.4, 0.5) is 0 Å². The van der Waals surface area contributed by atoms with Crippen LogP contribution < -0.4 is 0 Å². The molecule has 0 aliphatic rings. The second kappa shape index (κ2) is 2.37. The van der Waals surface area contributed by atoms with Crippen LogP contribution in [0, 0.1) is 6.07 Å². The Bertz CT molecular complexity index is 152. The fraction of sp³-hybridized carbons (Fsp3) is 0.200. The molecule has 1 heterocycles. The molecule has 0 aromatic carbocycles. The van der Waals surface area contributed by atoms with E-state index in [-0.39, 0.29) is 6.61 Å². The predicted octanol–water partition coefficient (Wildman–Crippen LogP) is -0.231. The van der Waals surface area contributed by atoms with Gasteiger partial charge >= 0.3 is 0 Å². The van der Waals surface area contributed by atoms with Gasteiger partial charge in [-0.1, -0.05) is 0 Å². The second-order valence-corrected chi connectivity index (χ2v) is 1.26. The van der Waals surface area contributed by atoms with Crippen LogP contribution >= 0.6 is 0 Å². The Hall–Kier alpha value is -0.960. The fourth-order valence-electron chi connectivity index (χ4n) is 0.372. The maximum atomic E-state index is 8.40. The first-order valence-corrected chi connectivity index (χ1v) is 2.21. The highest BCUT2D eigenvalue weighted by Crippen LogP contribution is 1.82. The van der Waals surface area contributed by atoms with Crippen molar-refractivity contribution in [2.45, 2.75) is 6.61 Å². The van der Waals surface area contributed by atoms with Crippen molar-refractivity contribution in [2.24, 2.45) is 0 Å². The highest BCUT2D eigenvalue weighted by atomic mass is 16.3. The van der Waals surface area contributed by atoms with Crippen molar-refractivity contribution in [1.82, 2.24) is 9.97 Å². The lowest BCUT2D eigenvalue weighted by Crippen LogP contribution is -1.90. The lowest BCUT2D eigenvalue weighted by Gasteiger charge is -1.86. The van der Waals surface area contributed by atoms with Gasteiger partial charge in [-0.2, -0.15) is 0 Å². The maximum absolute atomic E-state index is 8.40. The monoisotopic (exact) mass is 109 g/mol. The Labute approximate surface area is 47.0 Å². The minimum atomic E-state index is -0.103. The first kappa shape index (κ1) is 5.18. The van der Waals surface area contributed by atoms with Gasteiger partial charge in [0.25, 0.3) is 0 Å². The Morgan fingerprint density at radius 1 is 1.50 bits per heavy atom. The Kier molecular flexibility index (Phi) is 1.54. The SMILES string of the molecule is OCc1nc[c]cn1. The van der Waals surface area contributed by atoms with Crippen molar-refractivity contribution >= 4 is 0 Å². The van der Waals surface area contributed by atoms with E-state index in [4.69, 9.17) is 5.11 Å². The first-order valence-electron chi connectivity index (χ1n) is 2.21. The van der Waals surface area contributed by atoms with Gasteiger partial charge in [-0.15, -0.1) is 0 Å². The zero-order valence-electron chi connectivity index (χ0n) is 4.20. The molecular weight excluding hydrogens is 104 g/mol. The Morgan fingerprint density at radius 3 is 2.50 bits per heavy atom. The molecule has 0 fully saturated rings. The van der Waals surface area contributed by atoms with Gasteiger partial charge in [0.2, 0.25) is 0 Å². The molecule has 1 aromatic rings. The van der Waals surface area contributed by atoms with E-state index in [0.29, 0.717) is 5.82 Å². The molecule has 1 aromatic heterocycles. The lowest BCUT2D eigenvalue weighted by atomic mass is 10.6. The van der Waals surface area contributed by atoms with Crippen molar-refractivity contribution < 1.29 is 5.11 Å². The molecule has 0 aliphatic carbocycles. The van der Waals surface area contributed by atoms with Crippen LogP contribution in [0.1, 0.15) is 5.82 Å². The second-order valence-electron chi connectivity index (χ2n) is 1.26. The summed E-state index contributed by atoms with van der Waals surface area (Å²) in [5, 5.41) is 8.40. The highest BCUT2D eigenvalue weighted by Gasteiger charge is 1.85. The third-order valence-electron chi connectivity index (χ3n) is 0.718. The molecule has 0 unspecified atom stereocenters. The van der Waals surface area contributed by atoms with Crippen LogP contribution in [-0.4, -0.2) is 15.1 Å². The molecule has 3 nitrogen and oxygen atoms in total. The molecule has 1 N–H and O–H groups in total. The largest absolute Gasteiger partial charge is 0.388 e. The maximum Gasteiger partial charge on any atom is 0.153 e. The number of nitrogens with zero attached hydrogens (tertiary/aromatic N) is 2. The molecule has 0 amide bonds. The molecule has 1 rings (SSSR count). The van der Waals surface area contributed by atoms with E-state index in [0.717, 1.165) is 0 Å². The minimum absolute atomic E-state index is 0.103. The van der Waals surface area contributed by atoms with Crippen LogP contribution in [0.15, 0.2) is 12.4 Å². The third kappa shape index (κ3) is 1.01. The van der Waals surface area contributed by atoms with E-state index in [2.05, 4.69) is 16.0 Å². The van der Waals surface area contributed by atoms with E-state index in [1.807, 2.05) is 0 Å². The van der Waals surface area contributed by atoms with Gasteiger partial charge in [-0.25, -0.2) is 9.97 Å². The van der Waals surface area contributed by atoms with Crippen LogP contribution in [0.2, 0.25) is 0 Å². The zero-order valence-corrected chi connectivity index (χ0v) is 4.20. The summed E-state index contributed by atoms with van der Waals surface area (Å²) in [4.78, 5) is 7.36. The van der Waals surface area contributed by atoms with Crippen LogP contribution in [0.25, 0.3) is 0 Å². The lowest BCUT2D eigenvalue weighted by molar-refractivity contribution is 0.271. The Balaban J connectivity index is 2.83. The third-order valence-corrected chi connectivity index (χ3v) is 0.718. The van der Waals surface area contributed by atoms with E-state index < -0.39 is 0 Å². The molecule has 41 valence electrons. The average molecular weight is 109 g/mol. The van der Waals surface area contributed by atoms with Gasteiger partial charge in [0.05, 0.1) is 0 Å². The summed E-state index contributed by atoms with van der Waals surface area (Å²) in [6, 6.07) is 2.63. The van der Waals surface area contributed by atoms with E-state index in [9.17, 15) is 0 Å². The molecule has 0 aliphatic heterocycles. The van der Waals surface area contributed by atoms with Crippen LogP contribution in [-0.2, 0) is 6.61 Å². The topological polar surface area (TPSA) is 46.0 Å². The van der Waals surface area contributed by atoms with Gasteiger partial charge in [0.15, 0.2) is 5.82 Å². The molecule has 8 heavy (non-hydrogen) atoms. The quantitative estimate of drug-likeness (QED) is 0.541. The molecule has 1 radical (unpaired) electrons. The van der Waals surface area contributed by atoms with E-state index in [1.54, 1.807) is 0 Å². The number of rotatable bonds is 1. The number of aromatic nitrogens is 2. The zero-order chi connectivity index (χ0) is 5.82. The summed E-state index contributed by atoms with van der Waals surface area (Å²) in [6.45, 7) is -0.103. The van der Waals surface area contributed by atoms with Crippen molar-refractivity contribution in [2.75, 3.05) is 0 Å². The molecule has 0 atom stereocenters. The van der Waals surface area contributed by atoms with Crippen molar-refractivity contribution in [3.05, 3.63) is 24.3 Å². The average Bonchev–Trinajstić information content (AvgIpc) is 1.90. The van der Waals surface area contributed by atoms with Crippen molar-refractivity contribution in [3.8, 4) is 0 Å². The molecule has 3 heteroatoms. The molecule has 0 saturated carbocycles. The van der Waals surface area contributed by atoms with Gasteiger partial charge < -0.3 is 5.11 Å². The van der Waals surface area contributed by atoms with Gasteiger partial charge in [-0.05, 0) is 0 Å². The molecule has 0 bridgehead atoms. The van der Waals surface area contributed by atoms with Crippen LogP contribution in [0.3, 0.4) is 0 Å². The summed E-state index contributed by atoms with van der Waals surface area (Å²) in [5.74, 6) is 0.434. The van der Waals surface area contributed by atoms with Gasteiger partial charge in [0.1, 0.15) is 6.61 Å². The molecule has 0 saturated heterocycles. The van der Waals surface area contributed by atoms with E-state index in [1.165, 1.54) is 12.4 Å². The Morgan fingerprint density at radius 2 is 2.12 bits per heavy atom. The van der Waals surface area contributed by atoms with Gasteiger partial charge in [-0.3, -0.25) is 0 Å². The number of aliphatic hydroxyl groups is 1. The van der Waals surface area contributed by atoms with Crippen molar-refractivity contribution in [3.63, 3.8) is 0 Å².